The number of para-hydroxylation sites is 1. The molecule has 1 aliphatic carbocycles. The Bertz CT molecular complexity index is 3370. The van der Waals surface area contributed by atoms with Crippen LogP contribution in [0.3, 0.4) is 0 Å². The maximum Gasteiger partial charge on any atom is 0.135 e. The standard InChI is InChI=1S/C59H39NO/c1-3-19-44(20-4-1)59(45-21-5-2-6-22-45)53-28-11-9-26-51(53)58-54(59)29-15-30-55(58)60(46-35-32-41(33-36-46)49-27-14-17-40-16-7-8-24-48(40)49)47-23-13-18-42(38-47)43-34-37-57-52(39-43)50-25-10-12-31-56(50)61-57/h1-39H. The van der Waals surface area contributed by atoms with E-state index in [-0.39, 0.29) is 0 Å². The van der Waals surface area contributed by atoms with E-state index in [1.165, 1.54) is 55.3 Å². The van der Waals surface area contributed by atoms with Crippen molar-refractivity contribution < 1.29 is 4.42 Å². The highest BCUT2D eigenvalue weighted by Gasteiger charge is 2.47. The van der Waals surface area contributed by atoms with Crippen LogP contribution in [0.2, 0.25) is 0 Å². The molecule has 12 rings (SSSR count). The fraction of sp³-hybridized carbons (Fsp3) is 0.0169. The molecule has 1 heterocycles. The molecule has 1 aliphatic rings. The van der Waals surface area contributed by atoms with Gasteiger partial charge in [-0.25, -0.2) is 0 Å². The maximum atomic E-state index is 6.23. The van der Waals surface area contributed by atoms with Crippen LogP contribution in [0.25, 0.3) is 66.1 Å². The SMILES string of the molecule is c1ccc(C2(c3ccccc3)c3ccccc3-c3c(N(c4ccc(-c5cccc6ccccc56)cc4)c4cccc(-c5ccc6oc7ccccc7c6c5)c4)cccc32)cc1. The van der Waals surface area contributed by atoms with Crippen molar-refractivity contribution in [1.29, 1.82) is 0 Å². The lowest BCUT2D eigenvalue weighted by Crippen LogP contribution is -2.28. The van der Waals surface area contributed by atoms with Crippen LogP contribution >= 0.6 is 0 Å². The summed E-state index contributed by atoms with van der Waals surface area (Å²) in [5.41, 5.74) is 16.8. The Labute approximate surface area is 355 Å². The molecule has 0 spiro atoms. The molecule has 0 unspecified atom stereocenters. The Morgan fingerprint density at radius 3 is 1.75 bits per heavy atom. The third-order valence-corrected chi connectivity index (χ3v) is 12.7. The van der Waals surface area contributed by atoms with E-state index in [9.17, 15) is 0 Å². The van der Waals surface area contributed by atoms with Crippen LogP contribution in [-0.2, 0) is 5.41 Å². The van der Waals surface area contributed by atoms with Gasteiger partial charge in [0.15, 0.2) is 0 Å². The third-order valence-electron chi connectivity index (χ3n) is 12.7. The highest BCUT2D eigenvalue weighted by Crippen LogP contribution is 2.59. The van der Waals surface area contributed by atoms with Gasteiger partial charge in [-0.05, 0) is 109 Å². The summed E-state index contributed by atoms with van der Waals surface area (Å²) in [5.74, 6) is 0. The lowest BCUT2D eigenvalue weighted by molar-refractivity contribution is 0.669. The topological polar surface area (TPSA) is 16.4 Å². The van der Waals surface area contributed by atoms with Gasteiger partial charge < -0.3 is 9.32 Å². The van der Waals surface area contributed by atoms with Crippen LogP contribution in [0, 0.1) is 0 Å². The van der Waals surface area contributed by atoms with Crippen molar-refractivity contribution in [3.8, 4) is 33.4 Å². The number of hydrogen-bond donors (Lipinski definition) is 0. The molecule has 10 aromatic carbocycles. The smallest absolute Gasteiger partial charge is 0.135 e. The summed E-state index contributed by atoms with van der Waals surface area (Å²) >= 11 is 0. The molecule has 0 saturated heterocycles. The molecule has 0 bridgehead atoms. The van der Waals surface area contributed by atoms with Crippen molar-refractivity contribution in [3.63, 3.8) is 0 Å². The maximum absolute atomic E-state index is 6.23. The monoisotopic (exact) mass is 777 g/mol. The Hall–Kier alpha value is -7.94. The molecule has 0 N–H and O–H groups in total. The molecule has 286 valence electrons. The van der Waals surface area contributed by atoms with E-state index in [1.54, 1.807) is 0 Å². The summed E-state index contributed by atoms with van der Waals surface area (Å²) in [4.78, 5) is 2.46. The summed E-state index contributed by atoms with van der Waals surface area (Å²) in [5, 5.41) is 4.74. The Balaban J connectivity index is 1.09. The van der Waals surface area contributed by atoms with Crippen molar-refractivity contribution in [3.05, 3.63) is 259 Å². The predicted molar refractivity (Wildman–Crippen MR) is 254 cm³/mol. The second-order valence-corrected chi connectivity index (χ2v) is 16.0. The van der Waals surface area contributed by atoms with Crippen LogP contribution in [0.4, 0.5) is 17.1 Å². The fourth-order valence-corrected chi connectivity index (χ4v) is 10.1. The van der Waals surface area contributed by atoms with Gasteiger partial charge in [0.05, 0.1) is 11.1 Å². The summed E-state index contributed by atoms with van der Waals surface area (Å²) in [7, 11) is 0. The van der Waals surface area contributed by atoms with Gasteiger partial charge >= 0.3 is 0 Å². The van der Waals surface area contributed by atoms with Crippen LogP contribution in [-0.4, -0.2) is 0 Å². The van der Waals surface area contributed by atoms with E-state index >= 15 is 0 Å². The number of anilines is 3. The van der Waals surface area contributed by atoms with E-state index in [0.717, 1.165) is 50.1 Å². The Kier molecular flexibility index (Phi) is 8.11. The van der Waals surface area contributed by atoms with E-state index in [0.29, 0.717) is 0 Å². The minimum atomic E-state index is -0.515. The first-order chi connectivity index (χ1) is 30.3. The number of fused-ring (bicyclic) bond motifs is 7. The molecule has 2 nitrogen and oxygen atoms in total. The molecule has 1 aromatic heterocycles. The average molecular weight is 778 g/mol. The van der Waals surface area contributed by atoms with Gasteiger partial charge in [-0.2, -0.15) is 0 Å². The van der Waals surface area contributed by atoms with Gasteiger partial charge in [0, 0.05) is 27.7 Å². The van der Waals surface area contributed by atoms with E-state index in [1.807, 2.05) is 12.1 Å². The van der Waals surface area contributed by atoms with Gasteiger partial charge in [0.2, 0.25) is 0 Å². The molecule has 11 aromatic rings. The molecule has 0 atom stereocenters. The van der Waals surface area contributed by atoms with Gasteiger partial charge in [-0.15, -0.1) is 0 Å². The molecule has 61 heavy (non-hydrogen) atoms. The molecule has 0 amide bonds. The van der Waals surface area contributed by atoms with Crippen LogP contribution in [0.15, 0.2) is 241 Å². The fourth-order valence-electron chi connectivity index (χ4n) is 10.1. The first-order valence-electron chi connectivity index (χ1n) is 21.0. The number of furan rings is 1. The number of rotatable bonds is 7. The molecule has 0 fully saturated rings. The van der Waals surface area contributed by atoms with Crippen molar-refractivity contribution >= 4 is 49.8 Å². The second-order valence-electron chi connectivity index (χ2n) is 16.0. The van der Waals surface area contributed by atoms with Gasteiger partial charge in [-0.3, -0.25) is 0 Å². The number of hydrogen-bond acceptors (Lipinski definition) is 2. The van der Waals surface area contributed by atoms with Crippen LogP contribution in [0.5, 0.6) is 0 Å². The van der Waals surface area contributed by atoms with Crippen LogP contribution < -0.4 is 4.90 Å². The first kappa shape index (κ1) is 35.0. The minimum absolute atomic E-state index is 0.515. The van der Waals surface area contributed by atoms with Crippen molar-refractivity contribution in [1.82, 2.24) is 0 Å². The quantitative estimate of drug-likeness (QED) is 0.160. The molecular formula is C59H39NO. The van der Waals surface area contributed by atoms with Gasteiger partial charge in [0.25, 0.3) is 0 Å². The Morgan fingerprint density at radius 2 is 0.934 bits per heavy atom. The Morgan fingerprint density at radius 1 is 0.344 bits per heavy atom. The zero-order valence-electron chi connectivity index (χ0n) is 33.4. The normalized spacial score (nSPS) is 12.7. The predicted octanol–water partition coefficient (Wildman–Crippen LogP) is 15.9. The first-order valence-corrected chi connectivity index (χ1v) is 21.0. The second kappa shape index (κ2) is 14.1. The summed E-state index contributed by atoms with van der Waals surface area (Å²) < 4.78 is 6.23. The summed E-state index contributed by atoms with van der Waals surface area (Å²) in [6.07, 6.45) is 0. The zero-order chi connectivity index (χ0) is 40.3. The van der Waals surface area contributed by atoms with Crippen LogP contribution in [0.1, 0.15) is 22.3 Å². The number of nitrogens with zero attached hydrogens (tertiary/aromatic N) is 1. The summed E-state index contributed by atoms with van der Waals surface area (Å²) in [6.45, 7) is 0. The molecule has 0 radical (unpaired) electrons. The minimum Gasteiger partial charge on any atom is -0.456 e. The van der Waals surface area contributed by atoms with Gasteiger partial charge in [-0.1, -0.05) is 188 Å². The highest BCUT2D eigenvalue weighted by molar-refractivity contribution is 6.06. The molecule has 0 aliphatic heterocycles. The number of benzene rings is 10. The van der Waals surface area contributed by atoms with Gasteiger partial charge in [0.1, 0.15) is 11.2 Å². The lowest BCUT2D eigenvalue weighted by Gasteiger charge is -2.34. The summed E-state index contributed by atoms with van der Waals surface area (Å²) in [6, 6.07) is 86.2. The molecule has 0 saturated carbocycles. The zero-order valence-corrected chi connectivity index (χ0v) is 33.4. The van der Waals surface area contributed by atoms with E-state index < -0.39 is 5.41 Å². The van der Waals surface area contributed by atoms with Crippen molar-refractivity contribution in [2.24, 2.45) is 0 Å². The third kappa shape index (κ3) is 5.50. The lowest BCUT2D eigenvalue weighted by atomic mass is 9.68. The largest absolute Gasteiger partial charge is 0.456 e. The average Bonchev–Trinajstić information content (AvgIpc) is 3.86. The van der Waals surface area contributed by atoms with E-state index in [4.69, 9.17) is 4.42 Å². The highest BCUT2D eigenvalue weighted by atomic mass is 16.3. The molecular weight excluding hydrogens is 739 g/mol. The van der Waals surface area contributed by atoms with Crippen molar-refractivity contribution in [2.45, 2.75) is 5.41 Å². The van der Waals surface area contributed by atoms with Crippen molar-refractivity contribution in [2.75, 3.05) is 4.90 Å². The molecule has 2 heteroatoms. The van der Waals surface area contributed by atoms with E-state index in [2.05, 4.69) is 229 Å².